The lowest BCUT2D eigenvalue weighted by Gasteiger charge is -2.27. The summed E-state index contributed by atoms with van der Waals surface area (Å²) in [6.45, 7) is 6.17. The van der Waals surface area contributed by atoms with Gasteiger partial charge in [0.25, 0.3) is 0 Å². The largest absolute Gasteiger partial charge is 0.381 e. The predicted molar refractivity (Wildman–Crippen MR) is 66.8 cm³/mol. The van der Waals surface area contributed by atoms with Crippen LogP contribution in [0.4, 0.5) is 0 Å². The first kappa shape index (κ1) is 12.0. The molecule has 2 rings (SSSR count). The van der Waals surface area contributed by atoms with Crippen molar-refractivity contribution in [1.29, 1.82) is 0 Å². The molecule has 1 aromatic heterocycles. The molecule has 1 N–H and O–H groups in total. The second kappa shape index (κ2) is 5.75. The zero-order valence-electron chi connectivity index (χ0n) is 9.87. The van der Waals surface area contributed by atoms with Crippen molar-refractivity contribution in [3.63, 3.8) is 0 Å². The van der Waals surface area contributed by atoms with Gasteiger partial charge in [0.15, 0.2) is 0 Å². The Morgan fingerprint density at radius 2 is 2.56 bits per heavy atom. The third-order valence-corrected chi connectivity index (χ3v) is 3.92. The van der Waals surface area contributed by atoms with Crippen LogP contribution in [0.1, 0.15) is 24.6 Å². The second-order valence-electron chi connectivity index (χ2n) is 4.62. The molecule has 0 aromatic carbocycles. The van der Waals surface area contributed by atoms with Gasteiger partial charge in [-0.05, 0) is 25.8 Å². The lowest BCUT2D eigenvalue weighted by atomic mass is 9.83. The Morgan fingerprint density at radius 1 is 1.62 bits per heavy atom. The van der Waals surface area contributed by atoms with Crippen LogP contribution in [-0.2, 0) is 11.2 Å². The average Bonchev–Trinajstić information content (AvgIpc) is 2.91. The van der Waals surface area contributed by atoms with Crippen molar-refractivity contribution in [2.24, 2.45) is 5.41 Å². The van der Waals surface area contributed by atoms with Crippen LogP contribution >= 0.6 is 11.3 Å². The molecule has 2 heterocycles. The van der Waals surface area contributed by atoms with Gasteiger partial charge in [0.2, 0.25) is 0 Å². The van der Waals surface area contributed by atoms with Gasteiger partial charge in [-0.15, -0.1) is 11.3 Å². The molecule has 90 valence electrons. The van der Waals surface area contributed by atoms with Gasteiger partial charge in [-0.1, -0.05) is 6.92 Å². The van der Waals surface area contributed by atoms with Crippen molar-refractivity contribution in [3.8, 4) is 0 Å². The van der Waals surface area contributed by atoms with E-state index in [1.807, 2.05) is 11.7 Å². The highest BCUT2D eigenvalue weighted by Gasteiger charge is 2.35. The predicted octanol–water partition coefficient (Wildman–Crippen LogP) is 2.09. The first-order chi connectivity index (χ1) is 7.85. The van der Waals surface area contributed by atoms with Crippen LogP contribution in [-0.4, -0.2) is 31.3 Å². The monoisotopic (exact) mass is 240 g/mol. The molecule has 1 saturated heterocycles. The Morgan fingerprint density at radius 3 is 3.19 bits per heavy atom. The number of hydrogen-bond donors (Lipinski definition) is 1. The quantitative estimate of drug-likeness (QED) is 0.773. The maximum atomic E-state index is 5.58. The summed E-state index contributed by atoms with van der Waals surface area (Å²) < 4.78 is 5.58. The highest BCUT2D eigenvalue weighted by molar-refractivity contribution is 7.09. The number of nitrogens with one attached hydrogen (secondary N) is 1. The Kier molecular flexibility index (Phi) is 4.32. The normalized spacial score (nSPS) is 25.1. The van der Waals surface area contributed by atoms with Crippen molar-refractivity contribution in [2.75, 3.05) is 26.3 Å². The Hall–Kier alpha value is -0.450. The number of aromatic nitrogens is 1. The SMILES string of the molecule is CCCNCC1(Cc2cncs2)CCOC1. The van der Waals surface area contributed by atoms with E-state index < -0.39 is 0 Å². The maximum absolute atomic E-state index is 5.58. The van der Waals surface area contributed by atoms with Crippen molar-refractivity contribution < 1.29 is 4.74 Å². The maximum Gasteiger partial charge on any atom is 0.0794 e. The average molecular weight is 240 g/mol. The summed E-state index contributed by atoms with van der Waals surface area (Å²) in [4.78, 5) is 5.53. The number of nitrogens with zero attached hydrogens (tertiary/aromatic N) is 1. The summed E-state index contributed by atoms with van der Waals surface area (Å²) in [7, 11) is 0. The lowest BCUT2D eigenvalue weighted by molar-refractivity contribution is 0.150. The summed E-state index contributed by atoms with van der Waals surface area (Å²) in [5, 5.41) is 3.53. The minimum atomic E-state index is 0.307. The Labute approximate surface area is 101 Å². The zero-order chi connectivity index (χ0) is 11.3. The summed E-state index contributed by atoms with van der Waals surface area (Å²) in [5.41, 5.74) is 2.22. The van der Waals surface area contributed by atoms with Crippen molar-refractivity contribution in [3.05, 3.63) is 16.6 Å². The summed E-state index contributed by atoms with van der Waals surface area (Å²) in [6, 6.07) is 0. The van der Waals surface area contributed by atoms with Gasteiger partial charge in [0.05, 0.1) is 12.1 Å². The van der Waals surface area contributed by atoms with E-state index in [0.29, 0.717) is 5.41 Å². The van der Waals surface area contributed by atoms with Crippen LogP contribution in [0, 0.1) is 5.41 Å². The van der Waals surface area contributed by atoms with E-state index in [4.69, 9.17) is 4.74 Å². The molecule has 1 aromatic rings. The van der Waals surface area contributed by atoms with Crippen LogP contribution in [0.3, 0.4) is 0 Å². The highest BCUT2D eigenvalue weighted by Crippen LogP contribution is 2.33. The molecular weight excluding hydrogens is 220 g/mol. The molecule has 0 amide bonds. The van der Waals surface area contributed by atoms with E-state index in [1.165, 1.54) is 17.7 Å². The third kappa shape index (κ3) is 3.03. The van der Waals surface area contributed by atoms with Crippen LogP contribution in [0.2, 0.25) is 0 Å². The van der Waals surface area contributed by atoms with E-state index >= 15 is 0 Å². The summed E-state index contributed by atoms with van der Waals surface area (Å²) in [5.74, 6) is 0. The highest BCUT2D eigenvalue weighted by atomic mass is 32.1. The summed E-state index contributed by atoms with van der Waals surface area (Å²) >= 11 is 1.75. The lowest BCUT2D eigenvalue weighted by Crippen LogP contribution is -2.36. The van der Waals surface area contributed by atoms with E-state index in [-0.39, 0.29) is 0 Å². The number of hydrogen-bond acceptors (Lipinski definition) is 4. The topological polar surface area (TPSA) is 34.2 Å². The molecular formula is C12H20N2OS. The van der Waals surface area contributed by atoms with E-state index in [9.17, 15) is 0 Å². The fourth-order valence-corrected chi connectivity index (χ4v) is 2.99. The molecule has 1 aliphatic rings. The van der Waals surface area contributed by atoms with Crippen LogP contribution in [0.25, 0.3) is 0 Å². The van der Waals surface area contributed by atoms with E-state index in [2.05, 4.69) is 17.2 Å². The second-order valence-corrected chi connectivity index (χ2v) is 5.59. The van der Waals surface area contributed by atoms with E-state index in [0.717, 1.165) is 32.7 Å². The van der Waals surface area contributed by atoms with Gasteiger partial charge in [0.1, 0.15) is 0 Å². The van der Waals surface area contributed by atoms with Crippen LogP contribution in [0.15, 0.2) is 11.7 Å². The Bertz CT molecular complexity index is 294. The van der Waals surface area contributed by atoms with Gasteiger partial charge in [-0.3, -0.25) is 4.98 Å². The molecule has 16 heavy (non-hydrogen) atoms. The molecule has 1 atom stereocenters. The molecule has 0 radical (unpaired) electrons. The van der Waals surface area contributed by atoms with E-state index in [1.54, 1.807) is 11.3 Å². The van der Waals surface area contributed by atoms with Gasteiger partial charge in [-0.2, -0.15) is 0 Å². The minimum absolute atomic E-state index is 0.307. The van der Waals surface area contributed by atoms with Gasteiger partial charge < -0.3 is 10.1 Å². The number of thiazole rings is 1. The zero-order valence-corrected chi connectivity index (χ0v) is 10.7. The molecule has 0 aliphatic carbocycles. The third-order valence-electron chi connectivity index (χ3n) is 3.14. The van der Waals surface area contributed by atoms with Crippen molar-refractivity contribution >= 4 is 11.3 Å². The smallest absolute Gasteiger partial charge is 0.0794 e. The minimum Gasteiger partial charge on any atom is -0.381 e. The van der Waals surface area contributed by atoms with Gasteiger partial charge >= 0.3 is 0 Å². The van der Waals surface area contributed by atoms with Crippen LogP contribution in [0.5, 0.6) is 0 Å². The Balaban J connectivity index is 1.92. The fourth-order valence-electron chi connectivity index (χ4n) is 2.22. The number of rotatable bonds is 6. The van der Waals surface area contributed by atoms with Gasteiger partial charge in [0, 0.05) is 29.6 Å². The fraction of sp³-hybridized carbons (Fsp3) is 0.750. The first-order valence-corrected chi connectivity index (χ1v) is 6.88. The molecule has 3 nitrogen and oxygen atoms in total. The molecule has 4 heteroatoms. The molecule has 0 bridgehead atoms. The first-order valence-electron chi connectivity index (χ1n) is 6.00. The molecule has 1 fully saturated rings. The number of ether oxygens (including phenoxy) is 1. The van der Waals surface area contributed by atoms with Crippen molar-refractivity contribution in [2.45, 2.75) is 26.2 Å². The summed E-state index contributed by atoms with van der Waals surface area (Å²) in [6.07, 6.45) is 5.46. The van der Waals surface area contributed by atoms with Crippen molar-refractivity contribution in [1.82, 2.24) is 10.3 Å². The molecule has 1 unspecified atom stereocenters. The molecule has 1 aliphatic heterocycles. The van der Waals surface area contributed by atoms with Crippen LogP contribution < -0.4 is 5.32 Å². The standard InChI is InChI=1S/C12H20N2OS/c1-2-4-13-8-12(3-5-15-9-12)6-11-7-14-10-16-11/h7,10,13H,2-6,8-9H2,1H3. The molecule has 0 spiro atoms. The van der Waals surface area contributed by atoms with Gasteiger partial charge in [-0.25, -0.2) is 0 Å². The molecule has 0 saturated carbocycles.